The topological polar surface area (TPSA) is 72.7 Å². The molecule has 1 amide bonds. The number of hydrogen-bond acceptors (Lipinski definition) is 5. The number of nitrogens with one attached hydrogen (secondary N) is 1. The van der Waals surface area contributed by atoms with Crippen molar-refractivity contribution < 1.29 is 4.79 Å². The number of pyridine rings is 1. The van der Waals surface area contributed by atoms with Crippen LogP contribution in [0.25, 0.3) is 11.4 Å². The molecular formula is C21H23N5OS. The molecule has 0 bridgehead atoms. The highest BCUT2D eigenvalue weighted by Gasteiger charge is 2.15. The summed E-state index contributed by atoms with van der Waals surface area (Å²) in [6, 6.07) is 11.7. The number of nitrogens with zero attached hydrogens (tertiary/aromatic N) is 4. The first-order chi connectivity index (χ1) is 13.6. The Morgan fingerprint density at radius 1 is 1.18 bits per heavy atom. The summed E-state index contributed by atoms with van der Waals surface area (Å²) in [4.78, 5) is 16.4. The van der Waals surface area contributed by atoms with Gasteiger partial charge >= 0.3 is 0 Å². The van der Waals surface area contributed by atoms with Gasteiger partial charge in [0, 0.05) is 30.2 Å². The van der Waals surface area contributed by atoms with E-state index < -0.39 is 0 Å². The van der Waals surface area contributed by atoms with Crippen molar-refractivity contribution in [2.24, 2.45) is 0 Å². The minimum atomic E-state index is -0.0825. The molecule has 0 aliphatic heterocycles. The van der Waals surface area contributed by atoms with Gasteiger partial charge in [-0.25, -0.2) is 0 Å². The number of amides is 1. The Labute approximate surface area is 169 Å². The minimum Gasteiger partial charge on any atom is -0.325 e. The second-order valence-electron chi connectivity index (χ2n) is 6.55. The number of benzene rings is 1. The van der Waals surface area contributed by atoms with Gasteiger partial charge in [-0.15, -0.1) is 16.8 Å². The summed E-state index contributed by atoms with van der Waals surface area (Å²) in [7, 11) is 0. The molecule has 0 atom stereocenters. The molecule has 6 nitrogen and oxygen atoms in total. The van der Waals surface area contributed by atoms with Crippen LogP contribution in [-0.4, -0.2) is 31.4 Å². The van der Waals surface area contributed by atoms with Crippen molar-refractivity contribution in [2.45, 2.75) is 31.5 Å². The summed E-state index contributed by atoms with van der Waals surface area (Å²) in [5.74, 6) is 1.36. The maximum absolute atomic E-state index is 12.3. The molecule has 3 aromatic rings. The Morgan fingerprint density at radius 3 is 2.54 bits per heavy atom. The van der Waals surface area contributed by atoms with Crippen LogP contribution >= 0.6 is 11.8 Å². The smallest absolute Gasteiger partial charge is 0.234 e. The van der Waals surface area contributed by atoms with Gasteiger partial charge in [-0.2, -0.15) is 0 Å². The van der Waals surface area contributed by atoms with Gasteiger partial charge in [-0.3, -0.25) is 14.3 Å². The zero-order valence-electron chi connectivity index (χ0n) is 16.0. The molecule has 0 saturated heterocycles. The van der Waals surface area contributed by atoms with Crippen molar-refractivity contribution in [1.29, 1.82) is 0 Å². The summed E-state index contributed by atoms with van der Waals surface area (Å²) >= 11 is 1.35. The normalized spacial score (nSPS) is 10.8. The van der Waals surface area contributed by atoms with E-state index in [0.29, 0.717) is 17.6 Å². The molecule has 0 fully saturated rings. The quantitative estimate of drug-likeness (QED) is 0.454. The van der Waals surface area contributed by atoms with E-state index in [-0.39, 0.29) is 11.7 Å². The first kappa shape index (κ1) is 19.8. The molecule has 1 N–H and O–H groups in total. The molecule has 28 heavy (non-hydrogen) atoms. The predicted molar refractivity (Wildman–Crippen MR) is 113 cm³/mol. The number of rotatable bonds is 8. The summed E-state index contributed by atoms with van der Waals surface area (Å²) in [5.41, 5.74) is 2.96. The molecule has 0 aliphatic rings. The number of carbonyl (C=O) groups excluding carboxylic acids is 1. The van der Waals surface area contributed by atoms with E-state index in [1.807, 2.05) is 41.0 Å². The standard InChI is InChI=1S/C21H23N5OS/c1-4-13-26-20(17-9-11-22-12-10-17)24-25-21(26)28-14-19(27)23-18-7-5-16(6-8-18)15(2)3/h4-12,15H,1,13-14H2,2-3H3,(H,23,27). The average molecular weight is 394 g/mol. The molecule has 0 unspecified atom stereocenters. The van der Waals surface area contributed by atoms with Crippen molar-refractivity contribution in [1.82, 2.24) is 19.7 Å². The molecule has 2 heterocycles. The molecule has 7 heteroatoms. The van der Waals surface area contributed by atoms with E-state index in [4.69, 9.17) is 0 Å². The van der Waals surface area contributed by atoms with E-state index in [0.717, 1.165) is 17.1 Å². The summed E-state index contributed by atoms with van der Waals surface area (Å²) in [6.45, 7) is 8.65. The highest BCUT2D eigenvalue weighted by molar-refractivity contribution is 7.99. The fraction of sp³-hybridized carbons (Fsp3) is 0.238. The lowest BCUT2D eigenvalue weighted by molar-refractivity contribution is -0.113. The number of thioether (sulfide) groups is 1. The van der Waals surface area contributed by atoms with Crippen LogP contribution < -0.4 is 5.32 Å². The van der Waals surface area contributed by atoms with E-state index in [1.54, 1.807) is 18.5 Å². The van der Waals surface area contributed by atoms with Gasteiger partial charge in [0.25, 0.3) is 0 Å². The Kier molecular flexibility index (Phi) is 6.60. The van der Waals surface area contributed by atoms with Crippen LogP contribution in [0.5, 0.6) is 0 Å². The average Bonchev–Trinajstić information content (AvgIpc) is 3.10. The van der Waals surface area contributed by atoms with Crippen LogP contribution in [0.1, 0.15) is 25.3 Å². The van der Waals surface area contributed by atoms with Crippen LogP contribution in [0.3, 0.4) is 0 Å². The first-order valence-corrected chi connectivity index (χ1v) is 10.0. The highest BCUT2D eigenvalue weighted by atomic mass is 32.2. The van der Waals surface area contributed by atoms with Gasteiger partial charge in [0.2, 0.25) is 5.91 Å². The lowest BCUT2D eigenvalue weighted by Crippen LogP contribution is -2.14. The monoisotopic (exact) mass is 393 g/mol. The molecule has 144 valence electrons. The van der Waals surface area contributed by atoms with E-state index in [1.165, 1.54) is 17.3 Å². The zero-order valence-corrected chi connectivity index (χ0v) is 16.8. The molecule has 3 rings (SSSR count). The number of anilines is 1. The zero-order chi connectivity index (χ0) is 19.9. The first-order valence-electron chi connectivity index (χ1n) is 9.05. The van der Waals surface area contributed by atoms with Crippen LogP contribution in [0, 0.1) is 0 Å². The maximum atomic E-state index is 12.3. The van der Waals surface area contributed by atoms with Crippen molar-refractivity contribution in [2.75, 3.05) is 11.1 Å². The number of hydrogen-bond donors (Lipinski definition) is 1. The third-order valence-electron chi connectivity index (χ3n) is 4.16. The maximum Gasteiger partial charge on any atom is 0.234 e. The Balaban J connectivity index is 1.66. The Hall–Kier alpha value is -2.93. The largest absolute Gasteiger partial charge is 0.325 e. The Morgan fingerprint density at radius 2 is 1.89 bits per heavy atom. The number of allylic oxidation sites excluding steroid dienone is 1. The van der Waals surface area contributed by atoms with Crippen LogP contribution in [0.2, 0.25) is 0 Å². The SMILES string of the molecule is C=CCn1c(SCC(=O)Nc2ccc(C(C)C)cc2)nnc1-c1ccncc1. The lowest BCUT2D eigenvalue weighted by atomic mass is 10.0. The second kappa shape index (κ2) is 9.32. The van der Waals surface area contributed by atoms with Gasteiger partial charge in [0.15, 0.2) is 11.0 Å². The fourth-order valence-electron chi connectivity index (χ4n) is 2.68. The third-order valence-corrected chi connectivity index (χ3v) is 5.13. The van der Waals surface area contributed by atoms with Crippen molar-refractivity contribution >= 4 is 23.4 Å². The van der Waals surface area contributed by atoms with Crippen LogP contribution in [-0.2, 0) is 11.3 Å². The molecule has 1 aromatic carbocycles. The second-order valence-corrected chi connectivity index (χ2v) is 7.50. The van der Waals surface area contributed by atoms with E-state index >= 15 is 0 Å². The van der Waals surface area contributed by atoms with Gasteiger partial charge in [0.05, 0.1) is 5.75 Å². The lowest BCUT2D eigenvalue weighted by Gasteiger charge is -2.09. The van der Waals surface area contributed by atoms with Crippen molar-refractivity contribution in [3.05, 3.63) is 67.0 Å². The molecule has 0 spiro atoms. The third kappa shape index (κ3) is 4.86. The summed E-state index contributed by atoms with van der Waals surface area (Å²) in [5, 5.41) is 12.1. The van der Waals surface area contributed by atoms with Gasteiger partial charge < -0.3 is 5.32 Å². The fourth-order valence-corrected chi connectivity index (χ4v) is 3.43. The minimum absolute atomic E-state index is 0.0825. The van der Waals surface area contributed by atoms with Crippen molar-refractivity contribution in [3.63, 3.8) is 0 Å². The van der Waals surface area contributed by atoms with Gasteiger partial charge in [-0.05, 0) is 35.7 Å². The molecular weight excluding hydrogens is 370 g/mol. The molecule has 0 aliphatic carbocycles. The molecule has 0 saturated carbocycles. The summed E-state index contributed by atoms with van der Waals surface area (Å²) < 4.78 is 1.94. The van der Waals surface area contributed by atoms with Crippen LogP contribution in [0.4, 0.5) is 5.69 Å². The van der Waals surface area contributed by atoms with E-state index in [2.05, 4.69) is 40.9 Å². The van der Waals surface area contributed by atoms with Crippen LogP contribution in [0.15, 0.2) is 66.6 Å². The van der Waals surface area contributed by atoms with E-state index in [9.17, 15) is 4.79 Å². The number of aromatic nitrogens is 4. The van der Waals surface area contributed by atoms with Gasteiger partial charge in [-0.1, -0.05) is 43.8 Å². The Bertz CT molecular complexity index is 935. The van der Waals surface area contributed by atoms with Gasteiger partial charge in [0.1, 0.15) is 0 Å². The number of carbonyl (C=O) groups is 1. The predicted octanol–water partition coefficient (Wildman–Crippen LogP) is 4.38. The van der Waals surface area contributed by atoms with Crippen molar-refractivity contribution in [3.8, 4) is 11.4 Å². The molecule has 2 aromatic heterocycles. The highest BCUT2D eigenvalue weighted by Crippen LogP contribution is 2.24. The summed E-state index contributed by atoms with van der Waals surface area (Å²) in [6.07, 6.45) is 5.22. The molecule has 0 radical (unpaired) electrons.